The number of benzene rings is 1. The summed E-state index contributed by atoms with van der Waals surface area (Å²) in [4.78, 5) is 11.4. The van der Waals surface area contributed by atoms with Crippen LogP contribution in [-0.2, 0) is 9.53 Å². The maximum Gasteiger partial charge on any atom is 0.348 e. The van der Waals surface area contributed by atoms with E-state index in [1.165, 1.54) is 6.08 Å². The quantitative estimate of drug-likeness (QED) is 0.489. The van der Waals surface area contributed by atoms with E-state index in [9.17, 15) is 4.79 Å². The lowest BCUT2D eigenvalue weighted by molar-refractivity contribution is -0.137. The normalized spacial score (nSPS) is 10.5. The maximum absolute atomic E-state index is 11.4. The van der Waals surface area contributed by atoms with Crippen LogP contribution < -0.4 is 5.32 Å². The van der Waals surface area contributed by atoms with E-state index < -0.39 is 5.97 Å². The number of carbonyl (C=O) groups is 1. The fourth-order valence-electron chi connectivity index (χ4n) is 1.26. The van der Waals surface area contributed by atoms with Crippen LogP contribution >= 0.6 is 0 Å². The van der Waals surface area contributed by atoms with Gasteiger partial charge in [-0.1, -0.05) is 12.1 Å². The largest absolute Gasteiger partial charge is 0.462 e. The first-order chi connectivity index (χ1) is 8.21. The van der Waals surface area contributed by atoms with E-state index in [0.717, 1.165) is 11.3 Å². The van der Waals surface area contributed by atoms with E-state index in [-0.39, 0.29) is 12.2 Å². The van der Waals surface area contributed by atoms with Crippen LogP contribution in [-0.4, -0.2) is 19.6 Å². The minimum absolute atomic E-state index is 0.00376. The SMILES string of the molecule is CCOC(=O)C(C#N)=Cc1ccc(NC)cc1. The third-order valence-corrected chi connectivity index (χ3v) is 2.13. The molecular weight excluding hydrogens is 216 g/mol. The van der Waals surface area contributed by atoms with E-state index >= 15 is 0 Å². The average Bonchev–Trinajstić information content (AvgIpc) is 2.37. The van der Waals surface area contributed by atoms with Crippen LogP contribution in [0.5, 0.6) is 0 Å². The lowest BCUT2D eigenvalue weighted by Crippen LogP contribution is -2.05. The lowest BCUT2D eigenvalue weighted by Gasteiger charge is -2.01. The van der Waals surface area contributed by atoms with E-state index in [1.807, 2.05) is 37.4 Å². The Morgan fingerprint density at radius 2 is 2.12 bits per heavy atom. The second-order valence-electron chi connectivity index (χ2n) is 3.26. The summed E-state index contributed by atoms with van der Waals surface area (Å²) in [7, 11) is 1.82. The summed E-state index contributed by atoms with van der Waals surface area (Å²) in [5, 5.41) is 11.8. The first-order valence-electron chi connectivity index (χ1n) is 5.28. The molecule has 88 valence electrons. The van der Waals surface area contributed by atoms with Gasteiger partial charge < -0.3 is 10.1 Å². The Balaban J connectivity index is 2.91. The fourth-order valence-corrected chi connectivity index (χ4v) is 1.26. The molecule has 0 spiro atoms. The van der Waals surface area contributed by atoms with Crippen molar-refractivity contribution in [3.63, 3.8) is 0 Å². The van der Waals surface area contributed by atoms with Crippen molar-refractivity contribution < 1.29 is 9.53 Å². The summed E-state index contributed by atoms with van der Waals surface area (Å²) in [6.07, 6.45) is 1.51. The number of esters is 1. The smallest absolute Gasteiger partial charge is 0.348 e. The fraction of sp³-hybridized carbons (Fsp3) is 0.231. The zero-order valence-corrected chi connectivity index (χ0v) is 9.86. The number of anilines is 1. The van der Waals surface area contributed by atoms with Gasteiger partial charge in [0, 0.05) is 12.7 Å². The summed E-state index contributed by atoms with van der Waals surface area (Å²) >= 11 is 0. The van der Waals surface area contributed by atoms with Gasteiger partial charge in [0.15, 0.2) is 0 Å². The molecule has 17 heavy (non-hydrogen) atoms. The molecule has 0 heterocycles. The Labute approximate surface area is 101 Å². The maximum atomic E-state index is 11.4. The Hall–Kier alpha value is -2.28. The van der Waals surface area contributed by atoms with Crippen LogP contribution in [0.1, 0.15) is 12.5 Å². The number of nitrogens with one attached hydrogen (secondary N) is 1. The number of rotatable bonds is 4. The highest BCUT2D eigenvalue weighted by Gasteiger charge is 2.09. The zero-order chi connectivity index (χ0) is 12.7. The Morgan fingerprint density at radius 1 is 1.47 bits per heavy atom. The van der Waals surface area contributed by atoms with E-state index in [1.54, 1.807) is 6.92 Å². The molecule has 1 aromatic carbocycles. The van der Waals surface area contributed by atoms with Gasteiger partial charge in [-0.15, -0.1) is 0 Å². The van der Waals surface area contributed by atoms with Crippen molar-refractivity contribution in [3.8, 4) is 6.07 Å². The molecule has 4 nitrogen and oxygen atoms in total. The molecule has 1 aromatic rings. The van der Waals surface area contributed by atoms with Gasteiger partial charge in [0.2, 0.25) is 0 Å². The van der Waals surface area contributed by atoms with Crippen LogP contribution in [0, 0.1) is 11.3 Å². The van der Waals surface area contributed by atoms with Crippen LogP contribution in [0.2, 0.25) is 0 Å². The molecule has 0 fully saturated rings. The number of hydrogen-bond acceptors (Lipinski definition) is 4. The number of nitrogens with zero attached hydrogens (tertiary/aromatic N) is 1. The van der Waals surface area contributed by atoms with Gasteiger partial charge >= 0.3 is 5.97 Å². The van der Waals surface area contributed by atoms with E-state index in [2.05, 4.69) is 5.32 Å². The van der Waals surface area contributed by atoms with Crippen molar-refractivity contribution in [1.29, 1.82) is 5.26 Å². The van der Waals surface area contributed by atoms with Gasteiger partial charge in [-0.2, -0.15) is 5.26 Å². The highest BCUT2D eigenvalue weighted by molar-refractivity contribution is 5.97. The van der Waals surface area contributed by atoms with Crippen LogP contribution in [0.15, 0.2) is 29.8 Å². The molecule has 0 aliphatic carbocycles. The molecule has 0 radical (unpaired) electrons. The molecule has 0 aliphatic heterocycles. The van der Waals surface area contributed by atoms with Crippen LogP contribution in [0.3, 0.4) is 0 Å². The molecule has 0 saturated heterocycles. The summed E-state index contributed by atoms with van der Waals surface area (Å²) in [6.45, 7) is 1.96. The average molecular weight is 230 g/mol. The lowest BCUT2D eigenvalue weighted by atomic mass is 10.1. The van der Waals surface area contributed by atoms with Crippen molar-refractivity contribution in [2.75, 3.05) is 19.0 Å². The predicted octanol–water partition coefficient (Wildman–Crippen LogP) is 2.20. The van der Waals surface area contributed by atoms with Gasteiger partial charge in [-0.05, 0) is 30.7 Å². The molecule has 0 aromatic heterocycles. The molecule has 1 rings (SSSR count). The monoisotopic (exact) mass is 230 g/mol. The van der Waals surface area contributed by atoms with E-state index in [4.69, 9.17) is 10.00 Å². The Bertz CT molecular complexity index is 455. The van der Waals surface area contributed by atoms with Crippen molar-refractivity contribution in [3.05, 3.63) is 35.4 Å². The topological polar surface area (TPSA) is 62.1 Å². The van der Waals surface area contributed by atoms with Gasteiger partial charge in [-0.25, -0.2) is 4.79 Å². The van der Waals surface area contributed by atoms with Crippen molar-refractivity contribution in [2.45, 2.75) is 6.92 Å². The van der Waals surface area contributed by atoms with E-state index in [0.29, 0.717) is 0 Å². The molecular formula is C13H14N2O2. The Kier molecular flexibility index (Phi) is 4.77. The molecule has 0 bridgehead atoms. The highest BCUT2D eigenvalue weighted by Crippen LogP contribution is 2.12. The Morgan fingerprint density at radius 3 is 2.59 bits per heavy atom. The van der Waals surface area contributed by atoms with Crippen molar-refractivity contribution in [2.24, 2.45) is 0 Å². The summed E-state index contributed by atoms with van der Waals surface area (Å²) in [6, 6.07) is 9.21. The standard InChI is InChI=1S/C13H14N2O2/c1-3-17-13(16)11(9-14)8-10-4-6-12(15-2)7-5-10/h4-8,15H,3H2,1-2H3. The molecule has 4 heteroatoms. The number of carbonyl (C=O) groups excluding carboxylic acids is 1. The van der Waals surface area contributed by atoms with Gasteiger partial charge in [0.25, 0.3) is 0 Å². The third-order valence-electron chi connectivity index (χ3n) is 2.13. The molecule has 1 N–H and O–H groups in total. The highest BCUT2D eigenvalue weighted by atomic mass is 16.5. The molecule has 0 atom stereocenters. The zero-order valence-electron chi connectivity index (χ0n) is 9.86. The molecule has 0 aliphatic rings. The van der Waals surface area contributed by atoms with Gasteiger partial charge in [0.1, 0.15) is 11.6 Å². The third kappa shape index (κ3) is 3.65. The van der Waals surface area contributed by atoms with Gasteiger partial charge in [0.05, 0.1) is 6.61 Å². The first-order valence-corrected chi connectivity index (χ1v) is 5.28. The number of nitriles is 1. The van der Waals surface area contributed by atoms with Crippen molar-refractivity contribution in [1.82, 2.24) is 0 Å². The second kappa shape index (κ2) is 6.33. The molecule has 0 unspecified atom stereocenters. The number of hydrogen-bond donors (Lipinski definition) is 1. The van der Waals surface area contributed by atoms with Gasteiger partial charge in [-0.3, -0.25) is 0 Å². The minimum atomic E-state index is -0.590. The van der Waals surface area contributed by atoms with Crippen LogP contribution in [0.4, 0.5) is 5.69 Å². The minimum Gasteiger partial charge on any atom is -0.462 e. The summed E-state index contributed by atoms with van der Waals surface area (Å²) in [5.41, 5.74) is 1.76. The second-order valence-corrected chi connectivity index (χ2v) is 3.26. The predicted molar refractivity (Wildman–Crippen MR) is 66.2 cm³/mol. The summed E-state index contributed by atoms with van der Waals surface area (Å²) in [5.74, 6) is -0.590. The van der Waals surface area contributed by atoms with Crippen molar-refractivity contribution >= 4 is 17.7 Å². The summed E-state index contributed by atoms with van der Waals surface area (Å²) < 4.78 is 4.77. The van der Waals surface area contributed by atoms with Crippen LogP contribution in [0.25, 0.3) is 6.08 Å². The first kappa shape index (κ1) is 12.8. The molecule has 0 amide bonds. The number of ether oxygens (including phenoxy) is 1. The molecule has 0 saturated carbocycles.